The van der Waals surface area contributed by atoms with Crippen LogP contribution in [0.2, 0.25) is 0 Å². The average Bonchev–Trinajstić information content (AvgIpc) is 3.09. The summed E-state index contributed by atoms with van der Waals surface area (Å²) in [7, 11) is 0. The number of carbonyl (C=O) groups excluding carboxylic acids is 2. The van der Waals surface area contributed by atoms with Gasteiger partial charge in [-0.1, -0.05) is 142 Å². The van der Waals surface area contributed by atoms with E-state index in [4.69, 9.17) is 20.4 Å². The Hall–Kier alpha value is -0.934. The first-order chi connectivity index (χ1) is 25.5. The number of hydrogen-bond acceptors (Lipinski definition) is 20. The van der Waals surface area contributed by atoms with Gasteiger partial charge in [-0.05, 0) is 12.8 Å². The summed E-state index contributed by atoms with van der Waals surface area (Å²) in [5.41, 5.74) is 0. The zero-order chi connectivity index (χ0) is 44.1. The van der Waals surface area contributed by atoms with Crippen LogP contribution >= 0.6 is 0 Å². The van der Waals surface area contributed by atoms with Gasteiger partial charge in [0.1, 0.15) is 11.9 Å². The van der Waals surface area contributed by atoms with Gasteiger partial charge in [0, 0.05) is 12.8 Å². The summed E-state index contributed by atoms with van der Waals surface area (Å²) in [6.45, 7) is 4.30. The Morgan fingerprint density at radius 2 is 0.509 bits per heavy atom. The van der Waals surface area contributed by atoms with Gasteiger partial charge in [-0.3, -0.25) is 0 Å². The second-order valence-electron chi connectivity index (χ2n) is 14.8. The molecule has 20 nitrogen and oxygen atoms in total. The van der Waals surface area contributed by atoms with Crippen molar-refractivity contribution in [2.45, 2.75) is 214 Å². The minimum atomic E-state index is -4.65. The van der Waals surface area contributed by atoms with Crippen molar-refractivity contribution in [3.8, 4) is 0 Å². The van der Waals surface area contributed by atoms with Gasteiger partial charge in [-0.2, -0.15) is 0 Å². The number of hydrogen-bond donors (Lipinski definition) is 16. The van der Waals surface area contributed by atoms with E-state index in [0.29, 0.717) is 12.8 Å². The monoisotopic (exact) mass is 846 g/mol. The van der Waals surface area contributed by atoms with Crippen LogP contribution in [-0.2, 0) is 9.59 Å². The fourth-order valence-corrected chi connectivity index (χ4v) is 5.75. The van der Waals surface area contributed by atoms with Gasteiger partial charge in [0.2, 0.25) is 11.6 Å². The molecule has 0 rings (SSSR count). The quantitative estimate of drug-likeness (QED) is 0.0174. The van der Waals surface area contributed by atoms with E-state index in [1.165, 1.54) is 51.4 Å². The maximum absolute atomic E-state index is 10.6. The molecule has 16 N–H and O–H groups in total. The van der Waals surface area contributed by atoms with Crippen LogP contribution in [0, 0.1) is 0 Å². The van der Waals surface area contributed by atoms with Gasteiger partial charge in [0.15, 0.2) is 0 Å². The molecule has 0 atom stereocenters. The Labute approximate surface area is 349 Å². The van der Waals surface area contributed by atoms with Crippen molar-refractivity contribution in [1.82, 2.24) is 0 Å². The van der Waals surface area contributed by atoms with Crippen LogP contribution in [0.3, 0.4) is 0 Å². The molecule has 0 bridgehead atoms. The van der Waals surface area contributed by atoms with Crippen molar-refractivity contribution >= 4 is 35.0 Å². The van der Waals surface area contributed by atoms with Crippen LogP contribution in [-0.4, -0.2) is 163 Å². The molecule has 57 heavy (non-hydrogen) atoms. The van der Waals surface area contributed by atoms with Crippen molar-refractivity contribution in [2.75, 3.05) is 0 Å². The summed E-state index contributed by atoms with van der Waals surface area (Å²) >= 11 is 0. The first kappa shape index (κ1) is 60.4. The van der Waals surface area contributed by atoms with Crippen LogP contribution < -0.4 is 10.2 Å². The van der Waals surface area contributed by atoms with E-state index in [2.05, 4.69) is 13.8 Å². The predicted molar refractivity (Wildman–Crippen MR) is 195 cm³/mol. The first-order valence-corrected chi connectivity index (χ1v) is 19.5. The molecule has 21 heteroatoms. The molecule has 0 aliphatic carbocycles. The van der Waals surface area contributed by atoms with E-state index in [1.54, 1.807) is 0 Å². The number of rotatable bonds is 32. The van der Waals surface area contributed by atoms with Gasteiger partial charge < -0.3 is 102 Å². The van der Waals surface area contributed by atoms with Gasteiger partial charge in [0.05, 0.1) is 0 Å². The van der Waals surface area contributed by atoms with E-state index < -0.39 is 71.1 Å². The van der Waals surface area contributed by atoms with Crippen molar-refractivity contribution in [2.24, 2.45) is 0 Å². The molecule has 0 aliphatic heterocycles. The second-order valence-corrected chi connectivity index (χ2v) is 14.8. The number of aliphatic hydroxyl groups is 16. The average molecular weight is 847 g/mol. The smallest absolute Gasteiger partial charge is 0.544 e. The molecule has 0 aromatic carbocycles. The molecule has 0 fully saturated rings. The minimum Gasteiger partial charge on any atom is -0.544 e. The topological polar surface area (TPSA) is 404 Å². The molecule has 0 saturated carbocycles. The van der Waals surface area contributed by atoms with Crippen LogP contribution in [0.5, 0.6) is 0 Å². The molecule has 0 heterocycles. The Morgan fingerprint density at radius 3 is 0.684 bits per heavy atom. The van der Waals surface area contributed by atoms with Gasteiger partial charge in [0.25, 0.3) is 34.7 Å². The van der Waals surface area contributed by atoms with E-state index in [1.807, 2.05) is 0 Å². The summed E-state index contributed by atoms with van der Waals surface area (Å²) in [5.74, 6) is -40.3. The molecule has 0 aliphatic rings. The van der Waals surface area contributed by atoms with E-state index >= 15 is 0 Å². The number of unbranched alkanes of at least 4 members (excludes halogenated alkanes) is 20. The summed E-state index contributed by atoms with van der Waals surface area (Å²) < 4.78 is 0. The van der Waals surface area contributed by atoms with Crippen molar-refractivity contribution < 1.29 is 102 Å². The normalized spacial score (nSPS) is 13.5. The van der Waals surface area contributed by atoms with Crippen LogP contribution in [0.1, 0.15) is 168 Å². The molecule has 0 aromatic heterocycles. The molecule has 0 saturated heterocycles. The van der Waals surface area contributed by atoms with Crippen LogP contribution in [0.4, 0.5) is 0 Å². The van der Waals surface area contributed by atoms with Crippen molar-refractivity contribution in [1.29, 1.82) is 0 Å². The Balaban J connectivity index is -0.00000101. The Kier molecular flexibility index (Phi) is 28.7. The number of aliphatic carboxylic acids is 2. The maximum Gasteiger partial charge on any atom is 2.00 e. The van der Waals surface area contributed by atoms with Crippen LogP contribution in [0.25, 0.3) is 0 Å². The third-order valence-electron chi connectivity index (χ3n) is 9.89. The Morgan fingerprint density at radius 1 is 0.333 bits per heavy atom. The molecule has 0 aromatic rings. The molecule has 0 radical (unpaired) electrons. The summed E-state index contributed by atoms with van der Waals surface area (Å²) in [6.07, 6.45) is 18.9. The summed E-state index contributed by atoms with van der Waals surface area (Å²) in [6, 6.07) is 0. The van der Waals surface area contributed by atoms with E-state index in [-0.39, 0.29) is 35.9 Å². The number of carboxylic acids is 2. The third-order valence-corrected chi connectivity index (χ3v) is 9.89. The van der Waals surface area contributed by atoms with Crippen molar-refractivity contribution in [3.63, 3.8) is 0 Å². The zero-order valence-electron chi connectivity index (χ0n) is 33.5. The molecular formula is C36H70MgO20. The van der Waals surface area contributed by atoms with Gasteiger partial charge in [-0.25, -0.2) is 0 Å². The number of carboxylic acid groups (broad SMARTS) is 2. The molecule has 336 valence electrons. The second kappa shape index (κ2) is 27.1. The van der Waals surface area contributed by atoms with Crippen molar-refractivity contribution in [3.05, 3.63) is 0 Å². The minimum absolute atomic E-state index is 0. The summed E-state index contributed by atoms with van der Waals surface area (Å²) in [5, 5.41) is 173. The van der Waals surface area contributed by atoms with Crippen LogP contribution in [0.15, 0.2) is 0 Å². The van der Waals surface area contributed by atoms with E-state index in [9.17, 15) is 81.1 Å². The fraction of sp³-hybridized carbons (Fsp3) is 0.944. The molecule has 0 spiro atoms. The first-order valence-electron chi connectivity index (χ1n) is 19.5. The van der Waals surface area contributed by atoms with E-state index in [0.717, 1.165) is 64.2 Å². The maximum atomic E-state index is 10.6. The fourth-order valence-electron chi connectivity index (χ4n) is 5.75. The molecule has 0 amide bonds. The SMILES string of the molecule is CCCCCCCCCCCCCC(O)(O)C(O)(O)C(O)(O)C(O)(O)C(=O)[O-].CCCCCCCCCCCCCC(O)(O)C(O)(O)C(O)(O)C(O)(O)C(=O)[O-].[Mg+2]. The molecular weight excluding hydrogens is 777 g/mol. The molecule has 0 unspecified atom stereocenters. The summed E-state index contributed by atoms with van der Waals surface area (Å²) in [4.78, 5) is 21.2. The van der Waals surface area contributed by atoms with Gasteiger partial charge >= 0.3 is 23.1 Å². The predicted octanol–water partition coefficient (Wildman–Crippen LogP) is -4.06. The standard InChI is InChI=1S/2C18H36O10.Mg/c2*1-2-3-4-5-6-7-8-9-10-11-12-13-15(21,22)17(25,26)18(27,28)16(23,24)14(19)20;/h2*21-28H,2-13H2,1H3,(H,19,20);/q;;+2/p-2. The Bertz CT molecular complexity index is 1010. The third kappa shape index (κ3) is 17.9. The van der Waals surface area contributed by atoms with Gasteiger partial charge in [-0.15, -0.1) is 0 Å². The number of carbonyl (C=O) groups is 2. The zero-order valence-corrected chi connectivity index (χ0v) is 34.9. The largest absolute Gasteiger partial charge is 2.00 e.